The molecule has 2 fully saturated rings. The van der Waals surface area contributed by atoms with Crippen LogP contribution in [-0.4, -0.2) is 50.1 Å². The smallest absolute Gasteiger partial charge is 0.258 e. The van der Waals surface area contributed by atoms with E-state index in [2.05, 4.69) is 32.8 Å². The molecule has 4 aromatic heterocycles. The fourth-order valence-electron chi connectivity index (χ4n) is 7.10. The highest BCUT2D eigenvalue weighted by Crippen LogP contribution is 2.33. The van der Waals surface area contributed by atoms with E-state index in [1.54, 1.807) is 23.3 Å². The Kier molecular flexibility index (Phi) is 6.48. The fraction of sp³-hybridized carbons (Fsp3) is 0.419. The minimum Gasteiger partial charge on any atom is -0.316 e. The zero-order chi connectivity index (χ0) is 27.2. The lowest BCUT2D eigenvalue weighted by molar-refractivity contribution is 0.257. The fourth-order valence-corrected chi connectivity index (χ4v) is 7.10. The molecule has 0 amide bonds. The number of nitrogens with zero attached hydrogens (tertiary/aromatic N) is 5. The molecule has 206 valence electrons. The van der Waals surface area contributed by atoms with Crippen LogP contribution in [0.15, 0.2) is 70.8 Å². The van der Waals surface area contributed by atoms with Gasteiger partial charge in [-0.3, -0.25) is 19.3 Å². The number of rotatable bonds is 2. The van der Waals surface area contributed by atoms with Gasteiger partial charge in [0, 0.05) is 91.7 Å². The predicted molar refractivity (Wildman–Crippen MR) is 154 cm³/mol. The van der Waals surface area contributed by atoms with Gasteiger partial charge in [-0.25, -0.2) is 0 Å². The second kappa shape index (κ2) is 10.3. The first-order valence-corrected chi connectivity index (χ1v) is 14.3. The highest BCUT2D eigenvalue weighted by molar-refractivity contribution is 5.62. The van der Waals surface area contributed by atoms with Crippen LogP contribution in [0.4, 0.5) is 0 Å². The maximum absolute atomic E-state index is 12.8. The van der Waals surface area contributed by atoms with Crippen molar-refractivity contribution in [1.82, 2.24) is 34.5 Å². The van der Waals surface area contributed by atoms with Crippen LogP contribution in [-0.2, 0) is 20.1 Å². The molecule has 0 spiro atoms. The van der Waals surface area contributed by atoms with E-state index in [1.807, 2.05) is 46.6 Å². The zero-order valence-corrected chi connectivity index (χ0v) is 22.8. The van der Waals surface area contributed by atoms with E-state index in [4.69, 9.17) is 0 Å². The Labute approximate surface area is 232 Å². The average molecular weight is 538 g/mol. The van der Waals surface area contributed by atoms with Crippen molar-refractivity contribution < 1.29 is 0 Å². The molecule has 0 saturated carbocycles. The first-order valence-electron chi connectivity index (χ1n) is 14.3. The lowest BCUT2D eigenvalue weighted by Gasteiger charge is -2.37. The summed E-state index contributed by atoms with van der Waals surface area (Å²) >= 11 is 0. The van der Waals surface area contributed by atoms with Crippen molar-refractivity contribution in [3.8, 4) is 22.3 Å². The third-order valence-electron chi connectivity index (χ3n) is 9.01. The molecule has 40 heavy (non-hydrogen) atoms. The number of fused-ring (bicyclic) bond motifs is 8. The van der Waals surface area contributed by atoms with Gasteiger partial charge in [-0.2, -0.15) is 5.10 Å². The van der Waals surface area contributed by atoms with E-state index in [1.165, 1.54) is 24.2 Å². The summed E-state index contributed by atoms with van der Waals surface area (Å²) in [7, 11) is 1.87. The number of pyridine rings is 3. The molecule has 0 aromatic carbocycles. The first-order chi connectivity index (χ1) is 19.5. The van der Waals surface area contributed by atoms with E-state index < -0.39 is 0 Å². The van der Waals surface area contributed by atoms with Gasteiger partial charge in [0.2, 0.25) is 0 Å². The Balaban J connectivity index is 0.000000132. The van der Waals surface area contributed by atoms with Gasteiger partial charge in [0.15, 0.2) is 0 Å². The van der Waals surface area contributed by atoms with Crippen molar-refractivity contribution in [3.05, 3.63) is 93.3 Å². The quantitative estimate of drug-likeness (QED) is 0.408. The van der Waals surface area contributed by atoms with Crippen molar-refractivity contribution >= 4 is 0 Å². The van der Waals surface area contributed by atoms with Crippen molar-refractivity contribution in [2.45, 2.75) is 37.8 Å². The highest BCUT2D eigenvalue weighted by Gasteiger charge is 2.32. The molecule has 4 aliphatic heterocycles. The van der Waals surface area contributed by atoms with E-state index in [9.17, 15) is 9.59 Å². The molecule has 0 aliphatic carbocycles. The van der Waals surface area contributed by atoms with E-state index in [-0.39, 0.29) is 11.1 Å². The molecule has 4 bridgehead atoms. The highest BCUT2D eigenvalue weighted by atomic mass is 16.1. The molecule has 9 heteroatoms. The SMILES string of the molecule is Cn1cc(-c2ccc3n(c2=O)CC2CNC[C@@H]3C2)cn1.O=c1c(-c2cccnc2)ccc2n1CC1CNC[C@@H]2C1. The number of aryl methyl sites for hydroxylation is 1. The summed E-state index contributed by atoms with van der Waals surface area (Å²) in [5.41, 5.74) is 5.96. The molecular weight excluding hydrogens is 502 g/mol. The summed E-state index contributed by atoms with van der Waals surface area (Å²) in [6, 6.07) is 12.0. The van der Waals surface area contributed by atoms with Crippen LogP contribution in [0.2, 0.25) is 0 Å². The van der Waals surface area contributed by atoms with Crippen LogP contribution in [0, 0.1) is 11.8 Å². The van der Waals surface area contributed by atoms with Crippen molar-refractivity contribution in [1.29, 1.82) is 0 Å². The number of nitrogens with one attached hydrogen (secondary N) is 2. The molecule has 4 atom stereocenters. The van der Waals surface area contributed by atoms with Crippen LogP contribution < -0.4 is 21.8 Å². The lowest BCUT2D eigenvalue weighted by Crippen LogP contribution is -2.45. The minimum absolute atomic E-state index is 0.132. The largest absolute Gasteiger partial charge is 0.316 e. The second-order valence-electron chi connectivity index (χ2n) is 11.7. The molecule has 2 N–H and O–H groups in total. The van der Waals surface area contributed by atoms with Gasteiger partial charge in [-0.05, 0) is 68.1 Å². The molecule has 2 unspecified atom stereocenters. The molecular formula is C31H35N7O2. The summed E-state index contributed by atoms with van der Waals surface area (Å²) in [4.78, 5) is 29.6. The molecule has 8 heterocycles. The summed E-state index contributed by atoms with van der Waals surface area (Å²) in [5, 5.41) is 11.1. The Morgan fingerprint density at radius 3 is 1.88 bits per heavy atom. The Morgan fingerprint density at radius 2 is 1.35 bits per heavy atom. The monoisotopic (exact) mass is 537 g/mol. The maximum Gasteiger partial charge on any atom is 0.258 e. The van der Waals surface area contributed by atoms with Gasteiger partial charge in [0.25, 0.3) is 11.1 Å². The van der Waals surface area contributed by atoms with Crippen LogP contribution in [0.3, 0.4) is 0 Å². The molecule has 0 radical (unpaired) electrons. The van der Waals surface area contributed by atoms with Gasteiger partial charge in [-0.15, -0.1) is 0 Å². The zero-order valence-electron chi connectivity index (χ0n) is 22.8. The van der Waals surface area contributed by atoms with Crippen LogP contribution in [0.1, 0.15) is 36.1 Å². The number of hydrogen-bond donors (Lipinski definition) is 2. The predicted octanol–water partition coefficient (Wildman–Crippen LogP) is 2.57. The van der Waals surface area contributed by atoms with E-state index >= 15 is 0 Å². The Bertz CT molecular complexity index is 1650. The third-order valence-corrected chi connectivity index (χ3v) is 9.01. The Hall–Kier alpha value is -3.82. The molecule has 9 nitrogen and oxygen atoms in total. The topological polar surface area (TPSA) is 98.8 Å². The summed E-state index contributed by atoms with van der Waals surface area (Å²) in [6.07, 6.45) is 9.56. The van der Waals surface area contributed by atoms with Gasteiger partial charge in [-0.1, -0.05) is 6.07 Å². The van der Waals surface area contributed by atoms with Gasteiger partial charge < -0.3 is 19.8 Å². The lowest BCUT2D eigenvalue weighted by atomic mass is 9.84. The number of piperidine rings is 2. The number of hydrogen-bond acceptors (Lipinski definition) is 6. The molecule has 4 aromatic rings. The van der Waals surface area contributed by atoms with E-state index in [0.29, 0.717) is 23.7 Å². The third kappa shape index (κ3) is 4.53. The Morgan fingerprint density at radius 1 is 0.750 bits per heavy atom. The van der Waals surface area contributed by atoms with Crippen LogP contribution >= 0.6 is 0 Å². The summed E-state index contributed by atoms with van der Waals surface area (Å²) in [5.74, 6) is 2.14. The van der Waals surface area contributed by atoms with Crippen LogP contribution in [0.5, 0.6) is 0 Å². The standard InChI is InChI=1S/C16H17N3O.C15H18N4O/c20-16-14(12-2-1-5-17-8-12)3-4-15-13-6-11(7-18-9-13)10-19(15)16;1-18-9-12(7-17-18)13-2-3-14-11-4-10(5-16-6-11)8-19(14)15(13)20/h1-5,8,11,13,18H,6-7,9-10H2;2-3,7,9-11,16H,4-6,8H2,1H3/t11?,13-;10?,11-/m00/s1. The van der Waals surface area contributed by atoms with E-state index in [0.717, 1.165) is 61.5 Å². The van der Waals surface area contributed by atoms with Crippen molar-refractivity contribution in [2.24, 2.45) is 18.9 Å². The van der Waals surface area contributed by atoms with Gasteiger partial charge in [0.1, 0.15) is 0 Å². The summed E-state index contributed by atoms with van der Waals surface area (Å²) in [6.45, 7) is 5.71. The molecule has 4 aliphatic rings. The maximum atomic E-state index is 12.8. The van der Waals surface area contributed by atoms with Gasteiger partial charge >= 0.3 is 0 Å². The molecule has 8 rings (SSSR count). The minimum atomic E-state index is 0.132. The first kappa shape index (κ1) is 25.2. The van der Waals surface area contributed by atoms with Gasteiger partial charge in [0.05, 0.1) is 11.8 Å². The molecule has 2 saturated heterocycles. The second-order valence-corrected chi connectivity index (χ2v) is 11.7. The number of aromatic nitrogens is 5. The van der Waals surface area contributed by atoms with Crippen molar-refractivity contribution in [3.63, 3.8) is 0 Å². The summed E-state index contributed by atoms with van der Waals surface area (Å²) < 4.78 is 5.71. The normalized spacial score (nSPS) is 24.3. The van der Waals surface area contributed by atoms with Crippen LogP contribution in [0.25, 0.3) is 22.3 Å². The van der Waals surface area contributed by atoms with Crippen molar-refractivity contribution in [2.75, 3.05) is 26.2 Å². The average Bonchev–Trinajstić information content (AvgIpc) is 3.41.